The Bertz CT molecular complexity index is 551. The summed E-state index contributed by atoms with van der Waals surface area (Å²) in [6.07, 6.45) is 5.78. The van der Waals surface area contributed by atoms with Crippen LogP contribution < -0.4 is 5.32 Å². The smallest absolute Gasteiger partial charge is 0.251 e. The summed E-state index contributed by atoms with van der Waals surface area (Å²) >= 11 is 0. The van der Waals surface area contributed by atoms with Gasteiger partial charge >= 0.3 is 0 Å². The van der Waals surface area contributed by atoms with Crippen LogP contribution in [0.25, 0.3) is 0 Å². The van der Waals surface area contributed by atoms with E-state index in [1.165, 1.54) is 17.7 Å². The first-order chi connectivity index (χ1) is 10.1. The van der Waals surface area contributed by atoms with Gasteiger partial charge in [0.1, 0.15) is 11.4 Å². The van der Waals surface area contributed by atoms with Crippen molar-refractivity contribution in [2.75, 3.05) is 13.2 Å². The van der Waals surface area contributed by atoms with Gasteiger partial charge in [-0.1, -0.05) is 0 Å². The topological polar surface area (TPSA) is 64.1 Å². The Morgan fingerprint density at radius 1 is 1.33 bits per heavy atom. The van der Waals surface area contributed by atoms with Gasteiger partial charge in [-0.15, -0.1) is 0 Å². The van der Waals surface area contributed by atoms with Crippen molar-refractivity contribution >= 4 is 5.91 Å². The van der Waals surface area contributed by atoms with Crippen molar-refractivity contribution in [2.24, 2.45) is 0 Å². The molecular formula is C16H23N3O2. The lowest BCUT2D eigenvalue weighted by atomic mass is 10.0. The molecule has 1 aromatic heterocycles. The molecule has 1 fully saturated rings. The number of nitrogens with zero attached hydrogens (tertiary/aromatic N) is 2. The second-order valence-corrected chi connectivity index (χ2v) is 6.19. The molecule has 0 aromatic carbocycles. The number of hydrogen-bond donors (Lipinski definition) is 1. The van der Waals surface area contributed by atoms with Crippen LogP contribution in [0.3, 0.4) is 0 Å². The minimum absolute atomic E-state index is 0.0159. The average molecular weight is 289 g/mol. The summed E-state index contributed by atoms with van der Waals surface area (Å²) in [4.78, 5) is 21.3. The van der Waals surface area contributed by atoms with Crippen LogP contribution in [-0.2, 0) is 28.8 Å². The minimum atomic E-state index is -0.644. The van der Waals surface area contributed by atoms with Crippen LogP contribution in [0.5, 0.6) is 0 Å². The average Bonchev–Trinajstić information content (AvgIpc) is 3.08. The van der Waals surface area contributed by atoms with E-state index in [0.717, 1.165) is 37.2 Å². The fourth-order valence-electron chi connectivity index (χ4n) is 3.23. The molecule has 2 aliphatic rings. The van der Waals surface area contributed by atoms with E-state index in [0.29, 0.717) is 19.6 Å². The molecule has 114 valence electrons. The summed E-state index contributed by atoms with van der Waals surface area (Å²) in [5.74, 6) is 0.823. The summed E-state index contributed by atoms with van der Waals surface area (Å²) in [7, 11) is 0. The Hall–Kier alpha value is -1.49. The summed E-state index contributed by atoms with van der Waals surface area (Å²) in [5.41, 5.74) is 2.99. The third-order valence-corrected chi connectivity index (χ3v) is 4.52. The number of aromatic nitrogens is 2. The van der Waals surface area contributed by atoms with Gasteiger partial charge < -0.3 is 10.1 Å². The van der Waals surface area contributed by atoms with Crippen molar-refractivity contribution in [1.82, 2.24) is 15.3 Å². The van der Waals surface area contributed by atoms with Crippen LogP contribution >= 0.6 is 0 Å². The molecule has 5 heteroatoms. The van der Waals surface area contributed by atoms with E-state index in [9.17, 15) is 4.79 Å². The monoisotopic (exact) mass is 289 g/mol. The van der Waals surface area contributed by atoms with E-state index in [1.807, 2.05) is 6.92 Å². The molecule has 0 spiro atoms. The van der Waals surface area contributed by atoms with Gasteiger partial charge in [-0.2, -0.15) is 0 Å². The van der Waals surface area contributed by atoms with Gasteiger partial charge in [0.25, 0.3) is 5.91 Å². The number of carbonyl (C=O) groups is 1. The molecule has 0 radical (unpaired) electrons. The standard InChI is InChI=1S/C16H23N3O2/c1-11-12-5-3-6-13(12)19-14(18-11)7-9-17-15(20)16(2)8-4-10-21-16/h3-10H2,1-2H3,(H,17,20). The van der Waals surface area contributed by atoms with E-state index in [-0.39, 0.29) is 5.91 Å². The molecule has 1 atom stereocenters. The predicted octanol–water partition coefficient (Wildman–Crippen LogP) is 1.50. The summed E-state index contributed by atoms with van der Waals surface area (Å²) in [6, 6.07) is 0. The Balaban J connectivity index is 1.56. The summed E-state index contributed by atoms with van der Waals surface area (Å²) in [6.45, 7) is 5.17. The van der Waals surface area contributed by atoms with E-state index in [1.54, 1.807) is 0 Å². The van der Waals surface area contributed by atoms with Gasteiger partial charge in [-0.25, -0.2) is 9.97 Å². The maximum absolute atomic E-state index is 12.1. The van der Waals surface area contributed by atoms with E-state index in [4.69, 9.17) is 4.74 Å². The molecule has 21 heavy (non-hydrogen) atoms. The van der Waals surface area contributed by atoms with Crippen LogP contribution in [0.4, 0.5) is 0 Å². The number of rotatable bonds is 4. The number of carbonyl (C=O) groups excluding carboxylic acids is 1. The summed E-state index contributed by atoms with van der Waals surface area (Å²) in [5, 5.41) is 2.96. The number of fused-ring (bicyclic) bond motifs is 1. The lowest BCUT2D eigenvalue weighted by Crippen LogP contribution is -2.44. The zero-order valence-electron chi connectivity index (χ0n) is 12.9. The fourth-order valence-corrected chi connectivity index (χ4v) is 3.23. The zero-order chi connectivity index (χ0) is 14.9. The third-order valence-electron chi connectivity index (χ3n) is 4.52. The molecule has 0 saturated carbocycles. The zero-order valence-corrected chi connectivity index (χ0v) is 12.9. The van der Waals surface area contributed by atoms with Crippen molar-refractivity contribution < 1.29 is 9.53 Å². The van der Waals surface area contributed by atoms with Crippen molar-refractivity contribution in [3.63, 3.8) is 0 Å². The molecule has 3 rings (SSSR count). The Labute approximate surface area is 125 Å². The van der Waals surface area contributed by atoms with Gasteiger partial charge in [-0.3, -0.25) is 4.79 Å². The maximum atomic E-state index is 12.1. The van der Waals surface area contributed by atoms with Gasteiger partial charge in [-0.05, 0) is 51.5 Å². The van der Waals surface area contributed by atoms with E-state index >= 15 is 0 Å². The highest BCUT2D eigenvalue weighted by Gasteiger charge is 2.37. The first-order valence-corrected chi connectivity index (χ1v) is 7.86. The first kappa shape index (κ1) is 14.4. The van der Waals surface area contributed by atoms with Crippen LogP contribution in [0.1, 0.15) is 49.0 Å². The normalized spacial score (nSPS) is 24.1. The quantitative estimate of drug-likeness (QED) is 0.912. The second-order valence-electron chi connectivity index (χ2n) is 6.19. The molecule has 1 N–H and O–H groups in total. The van der Waals surface area contributed by atoms with Crippen LogP contribution in [0, 0.1) is 6.92 Å². The second kappa shape index (κ2) is 5.72. The number of aryl methyl sites for hydroxylation is 2. The Morgan fingerprint density at radius 3 is 2.95 bits per heavy atom. The fraction of sp³-hybridized carbons (Fsp3) is 0.688. The molecule has 1 aliphatic heterocycles. The highest BCUT2D eigenvalue weighted by molar-refractivity contribution is 5.84. The molecule has 1 aromatic rings. The van der Waals surface area contributed by atoms with E-state index in [2.05, 4.69) is 22.2 Å². The largest absolute Gasteiger partial charge is 0.365 e. The van der Waals surface area contributed by atoms with Crippen molar-refractivity contribution in [3.05, 3.63) is 22.8 Å². The van der Waals surface area contributed by atoms with Crippen LogP contribution in [-0.4, -0.2) is 34.6 Å². The van der Waals surface area contributed by atoms with Gasteiger partial charge in [0.15, 0.2) is 0 Å². The van der Waals surface area contributed by atoms with Crippen LogP contribution in [0.2, 0.25) is 0 Å². The lowest BCUT2D eigenvalue weighted by molar-refractivity contribution is -0.139. The van der Waals surface area contributed by atoms with Crippen molar-refractivity contribution in [2.45, 2.75) is 58.0 Å². The van der Waals surface area contributed by atoms with Gasteiger partial charge in [0, 0.05) is 31.0 Å². The molecule has 1 unspecified atom stereocenters. The first-order valence-electron chi connectivity index (χ1n) is 7.86. The molecule has 1 aliphatic carbocycles. The SMILES string of the molecule is Cc1nc(CCNC(=O)C2(C)CCCO2)nc2c1CCC2. The van der Waals surface area contributed by atoms with Crippen LogP contribution in [0.15, 0.2) is 0 Å². The number of hydrogen-bond acceptors (Lipinski definition) is 4. The van der Waals surface area contributed by atoms with Gasteiger partial charge in [0.2, 0.25) is 0 Å². The number of amides is 1. The highest BCUT2D eigenvalue weighted by atomic mass is 16.5. The third kappa shape index (κ3) is 2.93. The maximum Gasteiger partial charge on any atom is 0.251 e. The minimum Gasteiger partial charge on any atom is -0.365 e. The van der Waals surface area contributed by atoms with Gasteiger partial charge in [0.05, 0.1) is 0 Å². The molecule has 5 nitrogen and oxygen atoms in total. The lowest BCUT2D eigenvalue weighted by Gasteiger charge is -2.21. The van der Waals surface area contributed by atoms with Crippen molar-refractivity contribution in [1.29, 1.82) is 0 Å². The van der Waals surface area contributed by atoms with E-state index < -0.39 is 5.60 Å². The summed E-state index contributed by atoms with van der Waals surface area (Å²) < 4.78 is 5.54. The molecule has 1 saturated heterocycles. The molecule has 2 heterocycles. The molecule has 1 amide bonds. The number of ether oxygens (including phenoxy) is 1. The predicted molar refractivity (Wildman–Crippen MR) is 79.1 cm³/mol. The number of nitrogens with one attached hydrogen (secondary N) is 1. The Morgan fingerprint density at radius 2 is 2.19 bits per heavy atom. The van der Waals surface area contributed by atoms with Crippen molar-refractivity contribution in [3.8, 4) is 0 Å². The highest BCUT2D eigenvalue weighted by Crippen LogP contribution is 2.25. The Kier molecular flexibility index (Phi) is 3.93. The molecular weight excluding hydrogens is 266 g/mol. The molecule has 0 bridgehead atoms.